The Morgan fingerprint density at radius 2 is 1.62 bits per heavy atom. The molecule has 312 valence electrons. The third kappa shape index (κ3) is 13.1. The fourth-order valence-corrected chi connectivity index (χ4v) is 9.05. The molecular weight excluding hydrogens is 721 g/mol. The van der Waals surface area contributed by atoms with E-state index in [1.54, 1.807) is 62.3 Å². The van der Waals surface area contributed by atoms with E-state index < -0.39 is 24.2 Å². The minimum atomic E-state index is -0.774. The van der Waals surface area contributed by atoms with Gasteiger partial charge >= 0.3 is 0 Å². The van der Waals surface area contributed by atoms with E-state index in [1.165, 1.54) is 16.7 Å². The summed E-state index contributed by atoms with van der Waals surface area (Å²) in [5, 5.41) is 12.8. The molecule has 1 aromatic carbocycles. The van der Waals surface area contributed by atoms with Crippen LogP contribution in [-0.4, -0.2) is 151 Å². The van der Waals surface area contributed by atoms with Gasteiger partial charge in [0.15, 0.2) is 0 Å². The van der Waals surface area contributed by atoms with Crippen molar-refractivity contribution in [2.45, 2.75) is 116 Å². The van der Waals surface area contributed by atoms with E-state index in [-0.39, 0.29) is 82.9 Å². The number of benzene rings is 1. The Morgan fingerprint density at radius 3 is 2.13 bits per heavy atom. The number of nitrogens with one attached hydrogen (secondary N) is 1. The summed E-state index contributed by atoms with van der Waals surface area (Å²) in [5.41, 5.74) is 0.578. The summed E-state index contributed by atoms with van der Waals surface area (Å²) in [5.74, 6) is -0.801. The van der Waals surface area contributed by atoms with Crippen molar-refractivity contribution in [1.82, 2.24) is 24.9 Å². The van der Waals surface area contributed by atoms with Gasteiger partial charge in [0.1, 0.15) is 11.8 Å². The Morgan fingerprint density at radius 1 is 0.964 bits per heavy atom. The Balaban J connectivity index is 2.40. The standard InChI is InChI=1S/C41H70N6O7S/c1-14-28(7)39(45(12)41(53)37(26(3)4)42-40(52)38(27(5)6)44(10)11)32(54-13)23-34(49)47-21-17-20-31(47)33(55-25-36(51)43(8)9)24-35(50)46(15-2)29-18-16-19-30(48)22-29/h16,18-19,22,26-28,31-33,37-39,48H,14-15,17,20-21,23-25H2,1-13H3,(H,42,52). The van der Waals surface area contributed by atoms with Crippen molar-refractivity contribution in [2.75, 3.05) is 66.1 Å². The predicted molar refractivity (Wildman–Crippen MR) is 221 cm³/mol. The van der Waals surface area contributed by atoms with Crippen LogP contribution in [0.25, 0.3) is 0 Å². The van der Waals surface area contributed by atoms with Gasteiger partial charge in [-0.25, -0.2) is 0 Å². The number of likely N-dealkylation sites (tertiary alicyclic amines) is 1. The molecule has 7 unspecified atom stereocenters. The second-order valence-corrected chi connectivity index (χ2v) is 17.2. The maximum atomic E-state index is 14.4. The molecule has 1 fully saturated rings. The lowest BCUT2D eigenvalue weighted by Crippen LogP contribution is -2.59. The molecule has 0 bridgehead atoms. The second-order valence-electron chi connectivity index (χ2n) is 16.0. The van der Waals surface area contributed by atoms with Crippen LogP contribution in [0.3, 0.4) is 0 Å². The van der Waals surface area contributed by atoms with Crippen LogP contribution in [-0.2, 0) is 28.7 Å². The van der Waals surface area contributed by atoms with Crippen molar-refractivity contribution >= 4 is 47.0 Å². The van der Waals surface area contributed by atoms with E-state index in [4.69, 9.17) is 4.74 Å². The lowest BCUT2D eigenvalue weighted by atomic mass is 9.89. The molecule has 0 aromatic heterocycles. The molecule has 13 nitrogen and oxygen atoms in total. The zero-order valence-corrected chi connectivity index (χ0v) is 36.5. The number of thioether (sulfide) groups is 1. The molecule has 0 radical (unpaired) electrons. The van der Waals surface area contributed by atoms with E-state index in [9.17, 15) is 29.1 Å². The zero-order chi connectivity index (χ0) is 41.7. The first-order chi connectivity index (χ1) is 25.8. The zero-order valence-electron chi connectivity index (χ0n) is 35.7. The minimum absolute atomic E-state index is 0.0146. The largest absolute Gasteiger partial charge is 0.508 e. The molecule has 7 atom stereocenters. The van der Waals surface area contributed by atoms with Crippen LogP contribution in [0.2, 0.25) is 0 Å². The molecular formula is C41H70N6O7S. The number of rotatable bonds is 21. The highest BCUT2D eigenvalue weighted by molar-refractivity contribution is 8.00. The van der Waals surface area contributed by atoms with Crippen LogP contribution in [0.1, 0.15) is 80.6 Å². The molecule has 1 saturated heterocycles. The Kier molecular flexibility index (Phi) is 19.5. The Bertz CT molecular complexity index is 1420. The number of likely N-dealkylation sites (N-methyl/N-ethyl adjacent to an activating group) is 2. The molecule has 1 aliphatic rings. The summed E-state index contributed by atoms with van der Waals surface area (Å²) in [6.45, 7) is 14.6. The van der Waals surface area contributed by atoms with Gasteiger partial charge in [-0.05, 0) is 63.7 Å². The lowest BCUT2D eigenvalue weighted by Gasteiger charge is -2.41. The maximum Gasteiger partial charge on any atom is 0.245 e. The number of carbonyl (C=O) groups excluding carboxylic acids is 5. The van der Waals surface area contributed by atoms with Crippen molar-refractivity contribution in [3.05, 3.63) is 24.3 Å². The van der Waals surface area contributed by atoms with E-state index in [0.717, 1.165) is 12.8 Å². The van der Waals surface area contributed by atoms with Crippen molar-refractivity contribution in [3.8, 4) is 5.75 Å². The molecule has 0 saturated carbocycles. The molecule has 1 aliphatic heterocycles. The number of aromatic hydroxyl groups is 1. The summed E-state index contributed by atoms with van der Waals surface area (Å²) >= 11 is 1.39. The molecule has 14 heteroatoms. The van der Waals surface area contributed by atoms with Crippen LogP contribution in [0.4, 0.5) is 5.69 Å². The fourth-order valence-electron chi connectivity index (χ4n) is 7.67. The van der Waals surface area contributed by atoms with Gasteiger partial charge in [0.2, 0.25) is 29.5 Å². The molecule has 5 amide bonds. The highest BCUT2D eigenvalue weighted by Crippen LogP contribution is 2.33. The minimum Gasteiger partial charge on any atom is -0.508 e. The van der Waals surface area contributed by atoms with Crippen molar-refractivity contribution in [2.24, 2.45) is 17.8 Å². The fraction of sp³-hybridized carbons (Fsp3) is 0.732. The number of phenolic OH excluding ortho intramolecular Hbond substituents is 1. The monoisotopic (exact) mass is 791 g/mol. The van der Waals surface area contributed by atoms with Gasteiger partial charge in [-0.15, -0.1) is 11.8 Å². The summed E-state index contributed by atoms with van der Waals surface area (Å²) < 4.78 is 6.06. The Hall–Kier alpha value is -3.36. The number of phenols is 1. The average Bonchev–Trinajstić information content (AvgIpc) is 3.61. The van der Waals surface area contributed by atoms with Crippen LogP contribution in [0, 0.1) is 17.8 Å². The first-order valence-corrected chi connectivity index (χ1v) is 20.8. The number of methoxy groups -OCH3 is 1. The van der Waals surface area contributed by atoms with Crippen LogP contribution in [0.15, 0.2) is 24.3 Å². The number of amides is 5. The number of carbonyl (C=O) groups is 5. The number of hydrogen-bond acceptors (Lipinski definition) is 9. The van der Waals surface area contributed by atoms with Crippen LogP contribution in [0.5, 0.6) is 5.75 Å². The summed E-state index contributed by atoms with van der Waals surface area (Å²) in [6, 6.07) is 4.62. The number of ether oxygens (including phenoxy) is 1. The lowest BCUT2D eigenvalue weighted by molar-refractivity contribution is -0.146. The van der Waals surface area contributed by atoms with Gasteiger partial charge in [0, 0.05) is 70.8 Å². The van der Waals surface area contributed by atoms with Gasteiger partial charge in [-0.1, -0.05) is 54.0 Å². The van der Waals surface area contributed by atoms with Crippen LogP contribution < -0.4 is 10.2 Å². The molecule has 1 heterocycles. The smallest absolute Gasteiger partial charge is 0.245 e. The highest BCUT2D eigenvalue weighted by Gasteiger charge is 2.42. The molecule has 1 aromatic rings. The van der Waals surface area contributed by atoms with Gasteiger partial charge < -0.3 is 34.8 Å². The second kappa shape index (κ2) is 22.4. The quantitative estimate of drug-likeness (QED) is 0.186. The third-order valence-electron chi connectivity index (χ3n) is 10.9. The molecule has 2 rings (SSSR count). The summed E-state index contributed by atoms with van der Waals surface area (Å²) in [7, 11) is 10.4. The molecule has 0 spiro atoms. The normalized spacial score (nSPS) is 17.7. The number of nitrogens with zero attached hydrogens (tertiary/aromatic N) is 5. The van der Waals surface area contributed by atoms with Gasteiger partial charge in [-0.3, -0.25) is 28.9 Å². The van der Waals surface area contributed by atoms with Gasteiger partial charge in [0.25, 0.3) is 0 Å². The van der Waals surface area contributed by atoms with Gasteiger partial charge in [0.05, 0.1) is 30.4 Å². The van der Waals surface area contributed by atoms with E-state index in [1.807, 2.05) is 72.4 Å². The average molecular weight is 791 g/mol. The molecule has 55 heavy (non-hydrogen) atoms. The van der Waals surface area contributed by atoms with Crippen molar-refractivity contribution < 1.29 is 33.8 Å². The topological polar surface area (TPSA) is 143 Å². The predicted octanol–water partition coefficient (Wildman–Crippen LogP) is 4.32. The van der Waals surface area contributed by atoms with Gasteiger partial charge in [-0.2, -0.15) is 0 Å². The van der Waals surface area contributed by atoms with Crippen molar-refractivity contribution in [3.63, 3.8) is 0 Å². The summed E-state index contributed by atoms with van der Waals surface area (Å²) in [4.78, 5) is 77.3. The first kappa shape index (κ1) is 47.8. The summed E-state index contributed by atoms with van der Waals surface area (Å²) in [6.07, 6.45) is 1.62. The molecule has 2 N–H and O–H groups in total. The number of hydrogen-bond donors (Lipinski definition) is 2. The SMILES string of the molecule is CCC(C)C(C(CC(=O)N1CCCC1C(CC(=O)N(CC)c1cccc(O)c1)SCC(=O)N(C)C)OC)N(C)C(=O)C(NC(=O)C(C(C)C)N(C)C)C(C)C. The van der Waals surface area contributed by atoms with E-state index >= 15 is 0 Å². The van der Waals surface area contributed by atoms with E-state index in [0.29, 0.717) is 25.2 Å². The molecule has 0 aliphatic carbocycles. The number of anilines is 1. The van der Waals surface area contributed by atoms with Crippen LogP contribution >= 0.6 is 11.8 Å². The highest BCUT2D eigenvalue weighted by atomic mass is 32.2. The van der Waals surface area contributed by atoms with Crippen molar-refractivity contribution in [1.29, 1.82) is 0 Å². The first-order valence-electron chi connectivity index (χ1n) is 19.8. The third-order valence-corrected chi connectivity index (χ3v) is 12.2. The maximum absolute atomic E-state index is 14.4. The Labute approximate surface area is 334 Å². The van der Waals surface area contributed by atoms with E-state index in [2.05, 4.69) is 5.32 Å².